The number of nitriles is 1. The Balaban J connectivity index is 1.48. The van der Waals surface area contributed by atoms with Gasteiger partial charge in [-0.3, -0.25) is 10.3 Å². The molecule has 7 nitrogen and oxygen atoms in total. The van der Waals surface area contributed by atoms with Gasteiger partial charge in [-0.05, 0) is 63.1 Å². The van der Waals surface area contributed by atoms with Crippen molar-refractivity contribution in [2.24, 2.45) is 0 Å². The van der Waals surface area contributed by atoms with E-state index in [-0.39, 0.29) is 23.2 Å². The molecule has 0 saturated carbocycles. The summed E-state index contributed by atoms with van der Waals surface area (Å²) in [5.74, 6) is 0.465. The zero-order valence-electron chi connectivity index (χ0n) is 20.2. The number of ether oxygens (including phenoxy) is 1. The maximum Gasteiger partial charge on any atom is 0.148 e. The molecule has 0 saturated heterocycles. The minimum atomic E-state index is -0.911. The van der Waals surface area contributed by atoms with Crippen LogP contribution < -0.4 is 5.32 Å². The number of rotatable bonds is 11. The van der Waals surface area contributed by atoms with Gasteiger partial charge >= 0.3 is 0 Å². The van der Waals surface area contributed by atoms with Crippen molar-refractivity contribution in [3.05, 3.63) is 84.0 Å². The molecule has 0 radical (unpaired) electrons. The minimum absolute atomic E-state index is 0.0797. The molecule has 2 atom stereocenters. The van der Waals surface area contributed by atoms with Crippen molar-refractivity contribution in [2.75, 3.05) is 13.2 Å². The number of aliphatic hydroxyl groups excluding tert-OH is 2. The lowest BCUT2D eigenvalue weighted by Gasteiger charge is -2.42. The summed E-state index contributed by atoms with van der Waals surface area (Å²) in [7, 11) is 0. The van der Waals surface area contributed by atoms with Gasteiger partial charge in [-0.1, -0.05) is 18.7 Å². The van der Waals surface area contributed by atoms with Gasteiger partial charge in [0.1, 0.15) is 23.9 Å². The third-order valence-electron chi connectivity index (χ3n) is 6.39. The smallest absolute Gasteiger partial charge is 0.148 e. The molecule has 35 heavy (non-hydrogen) atoms. The fraction of sp³-hybridized carbons (Fsp3) is 0.407. The van der Waals surface area contributed by atoms with Crippen molar-refractivity contribution >= 4 is 5.57 Å². The molecule has 3 rings (SSSR count). The molecule has 0 unspecified atom stereocenters. The van der Waals surface area contributed by atoms with Crippen LogP contribution in [0.5, 0.6) is 0 Å². The lowest BCUT2D eigenvalue weighted by Crippen LogP contribution is -2.58. The van der Waals surface area contributed by atoms with E-state index < -0.39 is 11.8 Å². The first-order chi connectivity index (χ1) is 16.8. The fourth-order valence-corrected chi connectivity index (χ4v) is 4.13. The third-order valence-corrected chi connectivity index (χ3v) is 6.39. The Bertz CT molecular complexity index is 1080. The van der Waals surface area contributed by atoms with Crippen LogP contribution in [0.4, 0.5) is 4.39 Å². The summed E-state index contributed by atoms with van der Waals surface area (Å²) in [4.78, 5) is 5.75. The van der Waals surface area contributed by atoms with Crippen molar-refractivity contribution < 1.29 is 19.3 Å². The Kier molecular flexibility index (Phi) is 8.85. The molecular weight excluding hydrogens is 447 g/mol. The first kappa shape index (κ1) is 26.2. The summed E-state index contributed by atoms with van der Waals surface area (Å²) in [5, 5.41) is 32.9. The molecule has 8 heteroatoms. The first-order valence-electron chi connectivity index (χ1n) is 11.7. The van der Waals surface area contributed by atoms with Gasteiger partial charge in [-0.2, -0.15) is 5.26 Å². The van der Waals surface area contributed by atoms with E-state index in [4.69, 9.17) is 10.00 Å². The Morgan fingerprint density at radius 2 is 2.23 bits per heavy atom. The van der Waals surface area contributed by atoms with E-state index in [9.17, 15) is 14.6 Å². The van der Waals surface area contributed by atoms with Crippen LogP contribution in [0.1, 0.15) is 45.1 Å². The summed E-state index contributed by atoms with van der Waals surface area (Å²) >= 11 is 0. The molecule has 0 bridgehead atoms. The zero-order chi connectivity index (χ0) is 25.4. The highest BCUT2D eigenvalue weighted by Gasteiger charge is 2.34. The van der Waals surface area contributed by atoms with Crippen LogP contribution >= 0.6 is 0 Å². The second-order valence-electron chi connectivity index (χ2n) is 9.10. The Labute approximate surface area is 206 Å². The SMILES string of the molecule is C=CN(CCCOC1=CC=C(c2ccncc2F)CC1)C(C)(C)[C@@H](O)N[C@@H]1C=C(O)C(C#N)=CC1. The van der Waals surface area contributed by atoms with Gasteiger partial charge < -0.3 is 19.8 Å². The minimum Gasteiger partial charge on any atom is -0.507 e. The van der Waals surface area contributed by atoms with E-state index in [1.165, 1.54) is 6.20 Å². The van der Waals surface area contributed by atoms with Crippen LogP contribution in [-0.2, 0) is 4.74 Å². The molecule has 1 aromatic heterocycles. The predicted molar refractivity (Wildman–Crippen MR) is 133 cm³/mol. The van der Waals surface area contributed by atoms with Gasteiger partial charge in [0, 0.05) is 30.8 Å². The topological polar surface area (TPSA) is 102 Å². The molecular formula is C27H33FN4O3. The number of nitrogens with one attached hydrogen (secondary N) is 1. The highest BCUT2D eigenvalue weighted by molar-refractivity contribution is 5.68. The lowest BCUT2D eigenvalue weighted by atomic mass is 9.97. The first-order valence-corrected chi connectivity index (χ1v) is 11.7. The molecule has 0 amide bonds. The van der Waals surface area contributed by atoms with Gasteiger partial charge in [-0.15, -0.1) is 0 Å². The van der Waals surface area contributed by atoms with Crippen LogP contribution in [-0.4, -0.2) is 51.1 Å². The summed E-state index contributed by atoms with van der Waals surface area (Å²) in [6.07, 6.45) is 13.2. The summed E-state index contributed by atoms with van der Waals surface area (Å²) in [5.41, 5.74) is 1.07. The summed E-state index contributed by atoms with van der Waals surface area (Å²) in [6, 6.07) is 3.34. The monoisotopic (exact) mass is 480 g/mol. The highest BCUT2D eigenvalue weighted by Crippen LogP contribution is 2.28. The largest absolute Gasteiger partial charge is 0.507 e. The normalized spacial score (nSPS) is 18.9. The molecule has 3 N–H and O–H groups in total. The molecule has 0 fully saturated rings. The molecule has 1 heterocycles. The van der Waals surface area contributed by atoms with E-state index in [0.717, 1.165) is 11.3 Å². The molecule has 0 aromatic carbocycles. The van der Waals surface area contributed by atoms with Crippen LogP contribution in [0.25, 0.3) is 5.57 Å². The number of aliphatic hydroxyl groups is 2. The van der Waals surface area contributed by atoms with Crippen LogP contribution in [0.15, 0.2) is 72.6 Å². The number of allylic oxidation sites excluding steroid dienone is 5. The van der Waals surface area contributed by atoms with Gasteiger partial charge in [0.15, 0.2) is 0 Å². The van der Waals surface area contributed by atoms with Gasteiger partial charge in [0.25, 0.3) is 0 Å². The van der Waals surface area contributed by atoms with Gasteiger partial charge in [-0.25, -0.2) is 4.39 Å². The van der Waals surface area contributed by atoms with Crippen molar-refractivity contribution in [1.82, 2.24) is 15.2 Å². The lowest BCUT2D eigenvalue weighted by molar-refractivity contribution is -0.0126. The van der Waals surface area contributed by atoms with Crippen LogP contribution in [0.3, 0.4) is 0 Å². The van der Waals surface area contributed by atoms with Crippen molar-refractivity contribution in [2.45, 2.75) is 57.3 Å². The molecule has 1 aromatic rings. The average Bonchev–Trinajstić information content (AvgIpc) is 2.85. The van der Waals surface area contributed by atoms with Crippen molar-refractivity contribution in [3.63, 3.8) is 0 Å². The second kappa shape index (κ2) is 11.8. The van der Waals surface area contributed by atoms with Crippen LogP contribution in [0, 0.1) is 17.1 Å². The number of pyridine rings is 1. The summed E-state index contributed by atoms with van der Waals surface area (Å²) < 4.78 is 19.9. The average molecular weight is 481 g/mol. The van der Waals surface area contributed by atoms with Crippen LogP contribution in [0.2, 0.25) is 0 Å². The summed E-state index contributed by atoms with van der Waals surface area (Å²) in [6.45, 7) is 8.84. The standard InChI is InChI=1S/C27H33FN4O3/c1-4-32(27(2,3)26(34)31-21-9-6-20(17-29)25(33)16-21)14-5-15-35-22-10-7-19(8-11-22)23-12-13-30-18-24(23)28/h4,6-7,10,12-13,16,18,21,26,31,33-34H,1,5,8-9,11,14-15H2,2-3H3/t21-,26+/m0/s1. The number of halogens is 1. The Morgan fingerprint density at radius 1 is 1.43 bits per heavy atom. The van der Waals surface area contributed by atoms with E-state index >= 15 is 0 Å². The van der Waals surface area contributed by atoms with E-state index in [0.29, 0.717) is 44.4 Å². The highest BCUT2D eigenvalue weighted by atomic mass is 19.1. The van der Waals surface area contributed by atoms with Crippen molar-refractivity contribution in [1.29, 1.82) is 5.26 Å². The fourth-order valence-electron chi connectivity index (χ4n) is 4.13. The maximum absolute atomic E-state index is 13.9. The maximum atomic E-state index is 13.9. The molecule has 0 aliphatic heterocycles. The predicted octanol–water partition coefficient (Wildman–Crippen LogP) is 4.48. The number of hydrogen-bond acceptors (Lipinski definition) is 7. The number of aromatic nitrogens is 1. The number of nitrogens with zero attached hydrogens (tertiary/aromatic N) is 3. The molecule has 186 valence electrons. The third kappa shape index (κ3) is 6.59. The van der Waals surface area contributed by atoms with Gasteiger partial charge in [0.2, 0.25) is 0 Å². The molecule has 2 aliphatic rings. The van der Waals surface area contributed by atoms with Crippen molar-refractivity contribution in [3.8, 4) is 6.07 Å². The zero-order valence-corrected chi connectivity index (χ0v) is 20.2. The van der Waals surface area contributed by atoms with E-state index in [1.54, 1.807) is 30.6 Å². The van der Waals surface area contributed by atoms with E-state index in [1.807, 2.05) is 37.0 Å². The van der Waals surface area contributed by atoms with E-state index in [2.05, 4.69) is 16.9 Å². The molecule has 0 spiro atoms. The Morgan fingerprint density at radius 3 is 2.86 bits per heavy atom. The Hall–Kier alpha value is -3.41. The quantitative estimate of drug-likeness (QED) is 0.317. The number of hydrogen-bond donors (Lipinski definition) is 3. The van der Waals surface area contributed by atoms with Gasteiger partial charge in [0.05, 0.1) is 29.7 Å². The second-order valence-corrected chi connectivity index (χ2v) is 9.10. The molecule has 2 aliphatic carbocycles.